The van der Waals surface area contributed by atoms with E-state index in [0.29, 0.717) is 0 Å². The summed E-state index contributed by atoms with van der Waals surface area (Å²) in [6, 6.07) is 7.42. The second kappa shape index (κ2) is 6.60. The zero-order valence-corrected chi connectivity index (χ0v) is 14.4. The number of carbonyl (C=O) groups excluding carboxylic acids is 1. The first-order chi connectivity index (χ1) is 11.7. The molecule has 1 heterocycles. The van der Waals surface area contributed by atoms with E-state index in [-0.39, 0.29) is 5.91 Å². The van der Waals surface area contributed by atoms with E-state index in [9.17, 15) is 4.79 Å². The van der Waals surface area contributed by atoms with Crippen molar-refractivity contribution < 1.29 is 9.53 Å². The number of piperazine rings is 1. The zero-order valence-electron chi connectivity index (χ0n) is 14.4. The van der Waals surface area contributed by atoms with Crippen LogP contribution in [-0.2, 0) is 0 Å². The van der Waals surface area contributed by atoms with Crippen LogP contribution in [0.25, 0.3) is 0 Å². The number of rotatable bonds is 4. The quantitative estimate of drug-likeness (QED) is 0.798. The van der Waals surface area contributed by atoms with Crippen molar-refractivity contribution in [3.05, 3.63) is 42.0 Å². The molecule has 1 aromatic carbocycles. The lowest BCUT2D eigenvalue weighted by molar-refractivity contribution is 0.0610. The average molecular weight is 326 g/mol. The molecule has 1 saturated carbocycles. The summed E-state index contributed by atoms with van der Waals surface area (Å²) in [7, 11) is 1.64. The standard InChI is InChI=1S/C20H26N2O2/c1-24-19-6-4-16(5-7-19)20(23)22-10-8-21(9-11-22)14-18-13-15-2-3-17(18)12-15/h2-7,15,17-18H,8-14H2,1H3/t15-,17+,18+/m0/s1. The molecular weight excluding hydrogens is 300 g/mol. The highest BCUT2D eigenvalue weighted by Crippen LogP contribution is 2.43. The Balaban J connectivity index is 1.29. The average Bonchev–Trinajstić information content (AvgIpc) is 3.25. The number of amides is 1. The minimum absolute atomic E-state index is 0.139. The number of allylic oxidation sites excluding steroid dienone is 2. The number of carbonyl (C=O) groups is 1. The highest BCUT2D eigenvalue weighted by atomic mass is 16.5. The second-order valence-corrected chi connectivity index (χ2v) is 7.36. The summed E-state index contributed by atoms with van der Waals surface area (Å²) in [6.07, 6.45) is 7.58. The van der Waals surface area contributed by atoms with Crippen molar-refractivity contribution in [2.45, 2.75) is 12.8 Å². The lowest BCUT2D eigenvalue weighted by Gasteiger charge is -2.37. The van der Waals surface area contributed by atoms with Crippen LogP contribution in [0, 0.1) is 17.8 Å². The lowest BCUT2D eigenvalue weighted by Crippen LogP contribution is -2.50. The number of hydrogen-bond acceptors (Lipinski definition) is 3. The van der Waals surface area contributed by atoms with Gasteiger partial charge in [-0.3, -0.25) is 9.69 Å². The van der Waals surface area contributed by atoms with Crippen LogP contribution in [0.1, 0.15) is 23.2 Å². The van der Waals surface area contributed by atoms with Crippen molar-refractivity contribution >= 4 is 5.91 Å². The fraction of sp³-hybridized carbons (Fsp3) is 0.550. The van der Waals surface area contributed by atoms with Crippen molar-refractivity contribution in [2.75, 3.05) is 39.8 Å². The first-order valence-corrected chi connectivity index (χ1v) is 9.07. The van der Waals surface area contributed by atoms with Crippen molar-refractivity contribution in [3.8, 4) is 5.75 Å². The van der Waals surface area contributed by atoms with Gasteiger partial charge in [0.1, 0.15) is 5.75 Å². The molecule has 128 valence electrons. The van der Waals surface area contributed by atoms with Gasteiger partial charge in [-0.15, -0.1) is 0 Å². The normalized spacial score (nSPS) is 29.2. The van der Waals surface area contributed by atoms with E-state index in [2.05, 4.69) is 17.1 Å². The summed E-state index contributed by atoms with van der Waals surface area (Å²) in [4.78, 5) is 17.1. The maximum atomic E-state index is 12.6. The Morgan fingerprint density at radius 2 is 1.83 bits per heavy atom. The summed E-state index contributed by atoms with van der Waals surface area (Å²) in [6.45, 7) is 4.87. The zero-order chi connectivity index (χ0) is 16.5. The first-order valence-electron chi connectivity index (χ1n) is 9.07. The summed E-state index contributed by atoms with van der Waals surface area (Å²) >= 11 is 0. The van der Waals surface area contributed by atoms with Gasteiger partial charge in [0.05, 0.1) is 7.11 Å². The van der Waals surface area contributed by atoms with Gasteiger partial charge in [-0.25, -0.2) is 0 Å². The van der Waals surface area contributed by atoms with E-state index in [1.54, 1.807) is 7.11 Å². The summed E-state index contributed by atoms with van der Waals surface area (Å²) in [5.41, 5.74) is 0.752. The molecule has 2 aliphatic carbocycles. The van der Waals surface area contributed by atoms with E-state index in [4.69, 9.17) is 4.74 Å². The first kappa shape index (κ1) is 15.7. The number of fused-ring (bicyclic) bond motifs is 2. The van der Waals surface area contributed by atoms with E-state index in [0.717, 1.165) is 55.2 Å². The topological polar surface area (TPSA) is 32.8 Å². The van der Waals surface area contributed by atoms with Crippen molar-refractivity contribution in [3.63, 3.8) is 0 Å². The van der Waals surface area contributed by atoms with E-state index >= 15 is 0 Å². The van der Waals surface area contributed by atoms with Gasteiger partial charge in [0.2, 0.25) is 0 Å². The van der Waals surface area contributed by atoms with Crippen LogP contribution in [-0.4, -0.2) is 55.5 Å². The molecule has 0 unspecified atom stereocenters. The molecule has 3 aliphatic rings. The molecule has 3 atom stereocenters. The third-order valence-corrected chi connectivity index (χ3v) is 5.91. The Bertz CT molecular complexity index is 617. The predicted molar refractivity (Wildman–Crippen MR) is 94.2 cm³/mol. The van der Waals surface area contributed by atoms with Crippen molar-refractivity contribution in [1.29, 1.82) is 0 Å². The number of hydrogen-bond donors (Lipinski definition) is 0. The molecule has 0 aromatic heterocycles. The van der Waals surface area contributed by atoms with Gasteiger partial charge >= 0.3 is 0 Å². The smallest absolute Gasteiger partial charge is 0.253 e. The van der Waals surface area contributed by atoms with Gasteiger partial charge in [0.25, 0.3) is 5.91 Å². The monoisotopic (exact) mass is 326 g/mol. The van der Waals surface area contributed by atoms with Crippen LogP contribution >= 0.6 is 0 Å². The van der Waals surface area contributed by atoms with Crippen LogP contribution in [0.4, 0.5) is 0 Å². The lowest BCUT2D eigenvalue weighted by atomic mass is 9.93. The van der Waals surface area contributed by atoms with Gasteiger partial charge in [-0.05, 0) is 54.9 Å². The maximum absolute atomic E-state index is 12.6. The van der Waals surface area contributed by atoms with Crippen LogP contribution in [0.5, 0.6) is 5.75 Å². The van der Waals surface area contributed by atoms with Gasteiger partial charge in [0, 0.05) is 38.3 Å². The summed E-state index contributed by atoms with van der Waals surface area (Å²) in [5.74, 6) is 3.42. The van der Waals surface area contributed by atoms with Crippen LogP contribution in [0.2, 0.25) is 0 Å². The Morgan fingerprint density at radius 1 is 1.08 bits per heavy atom. The molecule has 1 aliphatic heterocycles. The summed E-state index contributed by atoms with van der Waals surface area (Å²) < 4.78 is 5.16. The molecule has 1 saturated heterocycles. The molecule has 0 N–H and O–H groups in total. The Kier molecular flexibility index (Phi) is 4.31. The number of ether oxygens (including phenoxy) is 1. The molecule has 2 bridgehead atoms. The summed E-state index contributed by atoms with van der Waals surface area (Å²) in [5, 5.41) is 0. The number of nitrogens with zero attached hydrogens (tertiary/aromatic N) is 2. The molecule has 0 radical (unpaired) electrons. The van der Waals surface area contributed by atoms with Crippen molar-refractivity contribution in [1.82, 2.24) is 9.80 Å². The van der Waals surface area contributed by atoms with Gasteiger partial charge in [-0.1, -0.05) is 12.2 Å². The fourth-order valence-corrected chi connectivity index (χ4v) is 4.49. The Hall–Kier alpha value is -1.81. The minimum Gasteiger partial charge on any atom is -0.497 e. The molecule has 1 amide bonds. The van der Waals surface area contributed by atoms with E-state index in [1.165, 1.54) is 19.4 Å². The molecule has 4 heteroatoms. The largest absolute Gasteiger partial charge is 0.497 e. The molecule has 4 rings (SSSR count). The number of benzene rings is 1. The molecule has 0 spiro atoms. The van der Waals surface area contributed by atoms with Gasteiger partial charge in [0.15, 0.2) is 0 Å². The van der Waals surface area contributed by atoms with Gasteiger partial charge in [-0.2, -0.15) is 0 Å². The predicted octanol–water partition coefficient (Wildman–Crippen LogP) is 2.67. The fourth-order valence-electron chi connectivity index (χ4n) is 4.49. The minimum atomic E-state index is 0.139. The van der Waals surface area contributed by atoms with Crippen LogP contribution in [0.15, 0.2) is 36.4 Å². The van der Waals surface area contributed by atoms with Crippen molar-refractivity contribution in [2.24, 2.45) is 17.8 Å². The molecule has 2 fully saturated rings. The molecule has 1 aromatic rings. The SMILES string of the molecule is COc1ccc(C(=O)N2CCN(C[C@H]3C[C@H]4C=C[C@@H]3C4)CC2)cc1. The third kappa shape index (κ3) is 3.07. The van der Waals surface area contributed by atoms with E-state index < -0.39 is 0 Å². The second-order valence-electron chi connectivity index (χ2n) is 7.36. The Labute approximate surface area is 144 Å². The van der Waals surface area contributed by atoms with E-state index in [1.807, 2.05) is 29.2 Å². The molecule has 4 nitrogen and oxygen atoms in total. The highest BCUT2D eigenvalue weighted by Gasteiger charge is 2.36. The Morgan fingerprint density at radius 3 is 2.42 bits per heavy atom. The maximum Gasteiger partial charge on any atom is 0.253 e. The van der Waals surface area contributed by atoms with Gasteiger partial charge < -0.3 is 9.64 Å². The third-order valence-electron chi connectivity index (χ3n) is 5.91. The van der Waals surface area contributed by atoms with Crippen LogP contribution in [0.3, 0.4) is 0 Å². The van der Waals surface area contributed by atoms with Crippen LogP contribution < -0.4 is 4.74 Å². The molecule has 24 heavy (non-hydrogen) atoms. The highest BCUT2D eigenvalue weighted by molar-refractivity contribution is 5.94. The molecular formula is C20H26N2O2. The number of methoxy groups -OCH3 is 1.